The second kappa shape index (κ2) is 6.01. The van der Waals surface area contributed by atoms with Crippen molar-refractivity contribution in [3.8, 4) is 0 Å². The van der Waals surface area contributed by atoms with Gasteiger partial charge in [-0.1, -0.05) is 41.4 Å². The average molecular weight is 296 g/mol. The van der Waals surface area contributed by atoms with Crippen molar-refractivity contribution in [2.75, 3.05) is 6.54 Å². The molecule has 0 heterocycles. The van der Waals surface area contributed by atoms with Crippen molar-refractivity contribution in [1.82, 2.24) is 5.32 Å². The van der Waals surface area contributed by atoms with Gasteiger partial charge in [0.1, 0.15) is 0 Å². The quantitative estimate of drug-likeness (QED) is 0.874. The molecule has 1 saturated carbocycles. The summed E-state index contributed by atoms with van der Waals surface area (Å²) in [5.41, 5.74) is 2.67. The Kier molecular flexibility index (Phi) is 4.63. The molecule has 1 aromatic carbocycles. The largest absolute Gasteiger partial charge is 0.312 e. The predicted octanol–water partition coefficient (Wildman–Crippen LogP) is 4.28. The zero-order valence-electron chi connectivity index (χ0n) is 10.8. The Balaban J connectivity index is 1.76. The van der Waals surface area contributed by atoms with Gasteiger partial charge in [-0.15, -0.1) is 0 Å². The van der Waals surface area contributed by atoms with Crippen LogP contribution in [0.25, 0.3) is 0 Å². The summed E-state index contributed by atoms with van der Waals surface area (Å²) in [4.78, 5) is 0. The zero-order chi connectivity index (χ0) is 12.3. The number of halogens is 1. The summed E-state index contributed by atoms with van der Waals surface area (Å²) in [6.07, 6.45) is 4.23. The second-order valence-electron chi connectivity index (χ2n) is 5.50. The third-order valence-corrected chi connectivity index (χ3v) is 4.66. The lowest BCUT2D eigenvalue weighted by Gasteiger charge is -2.11. The van der Waals surface area contributed by atoms with Crippen molar-refractivity contribution in [3.05, 3.63) is 33.8 Å². The number of nitrogens with one attached hydrogen (secondary N) is 1. The Morgan fingerprint density at radius 3 is 2.82 bits per heavy atom. The lowest BCUT2D eigenvalue weighted by Crippen LogP contribution is -2.20. The van der Waals surface area contributed by atoms with Crippen LogP contribution in [0.5, 0.6) is 0 Å². The van der Waals surface area contributed by atoms with Crippen LogP contribution in [0.15, 0.2) is 22.7 Å². The molecule has 2 atom stereocenters. The topological polar surface area (TPSA) is 12.0 Å². The molecule has 1 aliphatic carbocycles. The molecular weight excluding hydrogens is 274 g/mol. The van der Waals surface area contributed by atoms with Crippen LogP contribution in [-0.2, 0) is 6.54 Å². The first-order valence-corrected chi connectivity index (χ1v) is 7.40. The molecule has 0 aromatic heterocycles. The van der Waals surface area contributed by atoms with Gasteiger partial charge in [0.2, 0.25) is 0 Å². The van der Waals surface area contributed by atoms with Crippen LogP contribution in [-0.4, -0.2) is 6.54 Å². The van der Waals surface area contributed by atoms with Gasteiger partial charge in [-0.3, -0.25) is 0 Å². The summed E-state index contributed by atoms with van der Waals surface area (Å²) in [7, 11) is 0. The molecule has 0 radical (unpaired) electrons. The normalized spacial score (nSPS) is 24.2. The minimum atomic E-state index is 0.902. The van der Waals surface area contributed by atoms with E-state index in [1.807, 2.05) is 0 Å². The molecule has 2 unspecified atom stereocenters. The second-order valence-corrected chi connectivity index (χ2v) is 6.35. The molecule has 0 amide bonds. The van der Waals surface area contributed by atoms with Crippen molar-refractivity contribution in [3.63, 3.8) is 0 Å². The van der Waals surface area contributed by atoms with Gasteiger partial charge >= 0.3 is 0 Å². The molecule has 1 aliphatic rings. The zero-order valence-corrected chi connectivity index (χ0v) is 12.4. The lowest BCUT2D eigenvalue weighted by molar-refractivity contribution is 0.470. The molecule has 1 aromatic rings. The van der Waals surface area contributed by atoms with E-state index in [0.29, 0.717) is 0 Å². The molecule has 1 fully saturated rings. The molecule has 0 bridgehead atoms. The van der Waals surface area contributed by atoms with Crippen LogP contribution < -0.4 is 5.32 Å². The minimum absolute atomic E-state index is 0.902. The van der Waals surface area contributed by atoms with Gasteiger partial charge in [0.05, 0.1) is 0 Å². The smallest absolute Gasteiger partial charge is 0.0207 e. The fourth-order valence-corrected chi connectivity index (χ4v) is 3.10. The van der Waals surface area contributed by atoms with Crippen LogP contribution >= 0.6 is 15.9 Å². The molecule has 1 N–H and O–H groups in total. The molecule has 0 aliphatic heterocycles. The van der Waals surface area contributed by atoms with Crippen molar-refractivity contribution < 1.29 is 0 Å². The van der Waals surface area contributed by atoms with E-state index in [9.17, 15) is 0 Å². The third kappa shape index (κ3) is 3.82. The van der Waals surface area contributed by atoms with Gasteiger partial charge in [-0.25, -0.2) is 0 Å². The summed E-state index contributed by atoms with van der Waals surface area (Å²) in [6, 6.07) is 6.61. The summed E-state index contributed by atoms with van der Waals surface area (Å²) < 4.78 is 1.21. The van der Waals surface area contributed by atoms with Gasteiger partial charge in [0.15, 0.2) is 0 Å². The van der Waals surface area contributed by atoms with Gasteiger partial charge in [0.25, 0.3) is 0 Å². The van der Waals surface area contributed by atoms with Crippen LogP contribution in [0.2, 0.25) is 0 Å². The molecule has 2 rings (SSSR count). The van der Waals surface area contributed by atoms with Gasteiger partial charge in [-0.05, 0) is 55.3 Å². The highest BCUT2D eigenvalue weighted by molar-refractivity contribution is 9.10. The number of hydrogen-bond donors (Lipinski definition) is 1. The van der Waals surface area contributed by atoms with Gasteiger partial charge in [0, 0.05) is 11.0 Å². The van der Waals surface area contributed by atoms with E-state index in [0.717, 1.165) is 18.4 Å². The van der Waals surface area contributed by atoms with Crippen LogP contribution in [0.1, 0.15) is 37.3 Å². The van der Waals surface area contributed by atoms with E-state index < -0.39 is 0 Å². The SMILES string of the molecule is Cc1ccc(CNCC2CCC(C)C2)cc1Br. The van der Waals surface area contributed by atoms with E-state index in [4.69, 9.17) is 0 Å². The van der Waals surface area contributed by atoms with E-state index in [-0.39, 0.29) is 0 Å². The van der Waals surface area contributed by atoms with E-state index in [2.05, 4.69) is 53.3 Å². The van der Waals surface area contributed by atoms with E-state index in [1.165, 1.54) is 41.4 Å². The first-order chi connectivity index (χ1) is 8.15. The van der Waals surface area contributed by atoms with Crippen molar-refractivity contribution >= 4 is 15.9 Å². The Morgan fingerprint density at radius 2 is 2.18 bits per heavy atom. The van der Waals surface area contributed by atoms with Crippen LogP contribution in [0, 0.1) is 18.8 Å². The minimum Gasteiger partial charge on any atom is -0.312 e. The summed E-state index contributed by atoms with van der Waals surface area (Å²) in [6.45, 7) is 6.66. The standard InChI is InChI=1S/C15H22BrN/c1-11-3-5-13(7-11)9-17-10-14-6-4-12(2)15(16)8-14/h4,6,8,11,13,17H,3,5,7,9-10H2,1-2H3. The van der Waals surface area contributed by atoms with Gasteiger partial charge < -0.3 is 5.32 Å². The number of benzene rings is 1. The van der Waals surface area contributed by atoms with Gasteiger partial charge in [-0.2, -0.15) is 0 Å². The molecular formula is C15H22BrN. The molecule has 0 spiro atoms. The maximum absolute atomic E-state index is 3.59. The summed E-state index contributed by atoms with van der Waals surface area (Å²) in [5.74, 6) is 1.84. The van der Waals surface area contributed by atoms with Crippen molar-refractivity contribution in [1.29, 1.82) is 0 Å². The highest BCUT2D eigenvalue weighted by atomic mass is 79.9. The lowest BCUT2D eigenvalue weighted by atomic mass is 10.1. The van der Waals surface area contributed by atoms with Crippen molar-refractivity contribution in [2.24, 2.45) is 11.8 Å². The third-order valence-electron chi connectivity index (χ3n) is 3.80. The first kappa shape index (κ1) is 13.1. The number of aryl methyl sites for hydroxylation is 1. The van der Waals surface area contributed by atoms with E-state index in [1.54, 1.807) is 0 Å². The maximum atomic E-state index is 3.59. The first-order valence-electron chi connectivity index (χ1n) is 6.61. The Labute approximate surface area is 113 Å². The monoisotopic (exact) mass is 295 g/mol. The van der Waals surface area contributed by atoms with Crippen LogP contribution in [0.4, 0.5) is 0 Å². The Bertz CT molecular complexity index is 375. The number of hydrogen-bond acceptors (Lipinski definition) is 1. The summed E-state index contributed by atoms with van der Waals surface area (Å²) >= 11 is 3.58. The molecule has 17 heavy (non-hydrogen) atoms. The Hall–Kier alpha value is -0.340. The van der Waals surface area contributed by atoms with Crippen LogP contribution in [0.3, 0.4) is 0 Å². The fourth-order valence-electron chi connectivity index (χ4n) is 2.68. The highest BCUT2D eigenvalue weighted by Crippen LogP contribution is 2.29. The van der Waals surface area contributed by atoms with Crippen molar-refractivity contribution in [2.45, 2.75) is 39.7 Å². The molecule has 2 heteroatoms. The Morgan fingerprint density at radius 1 is 1.35 bits per heavy atom. The maximum Gasteiger partial charge on any atom is 0.0207 e. The molecule has 0 saturated heterocycles. The molecule has 94 valence electrons. The molecule has 1 nitrogen and oxygen atoms in total. The van der Waals surface area contributed by atoms with E-state index >= 15 is 0 Å². The highest BCUT2D eigenvalue weighted by Gasteiger charge is 2.20. The average Bonchev–Trinajstić information content (AvgIpc) is 2.70. The summed E-state index contributed by atoms with van der Waals surface area (Å²) in [5, 5.41) is 3.59. The fraction of sp³-hybridized carbons (Fsp3) is 0.600. The predicted molar refractivity (Wildman–Crippen MR) is 77.1 cm³/mol. The number of rotatable bonds is 4.